The lowest BCUT2D eigenvalue weighted by Gasteiger charge is -2.35. The standard InChI is InChI=1S/C19H24ClN3O3/c1-21(12-14-6-8-15(20)9-7-14)16(24)13-23-17(25)19(22(2)18(23)26)10-4-3-5-11-19/h6-9H,3-5,10-13H2,1-2H3. The van der Waals surface area contributed by atoms with Crippen molar-refractivity contribution < 1.29 is 14.4 Å². The van der Waals surface area contributed by atoms with Crippen molar-refractivity contribution >= 4 is 29.4 Å². The first kappa shape index (κ1) is 18.7. The molecule has 140 valence electrons. The van der Waals surface area contributed by atoms with Crippen molar-refractivity contribution in [1.29, 1.82) is 0 Å². The molecule has 1 aliphatic carbocycles. The maximum atomic E-state index is 12.9. The van der Waals surface area contributed by atoms with Crippen LogP contribution in [0.5, 0.6) is 0 Å². The number of carbonyl (C=O) groups excluding carboxylic acids is 3. The van der Waals surface area contributed by atoms with Crippen LogP contribution < -0.4 is 0 Å². The smallest absolute Gasteiger partial charge is 0.327 e. The van der Waals surface area contributed by atoms with Crippen LogP contribution in [-0.2, 0) is 16.1 Å². The maximum Gasteiger partial charge on any atom is 0.327 e. The van der Waals surface area contributed by atoms with E-state index in [1.807, 2.05) is 12.1 Å². The lowest BCUT2D eigenvalue weighted by molar-refractivity contribution is -0.140. The highest BCUT2D eigenvalue weighted by Gasteiger charge is 2.55. The molecule has 1 aliphatic heterocycles. The highest BCUT2D eigenvalue weighted by atomic mass is 35.5. The fourth-order valence-corrected chi connectivity index (χ4v) is 4.00. The van der Waals surface area contributed by atoms with Crippen LogP contribution in [0.3, 0.4) is 0 Å². The average molecular weight is 378 g/mol. The van der Waals surface area contributed by atoms with Crippen molar-refractivity contribution in [2.24, 2.45) is 0 Å². The summed E-state index contributed by atoms with van der Waals surface area (Å²) >= 11 is 5.87. The van der Waals surface area contributed by atoms with Gasteiger partial charge in [0.05, 0.1) is 0 Å². The molecular formula is C19H24ClN3O3. The Balaban J connectivity index is 1.67. The molecule has 26 heavy (non-hydrogen) atoms. The molecule has 0 aromatic heterocycles. The second-order valence-electron chi connectivity index (χ2n) is 7.20. The van der Waals surface area contributed by atoms with Crippen LogP contribution in [0.1, 0.15) is 37.7 Å². The summed E-state index contributed by atoms with van der Waals surface area (Å²) in [5.74, 6) is -0.485. The van der Waals surface area contributed by atoms with Gasteiger partial charge in [-0.05, 0) is 30.5 Å². The topological polar surface area (TPSA) is 60.9 Å². The lowest BCUT2D eigenvalue weighted by Crippen LogP contribution is -2.49. The predicted octanol–water partition coefficient (Wildman–Crippen LogP) is 2.90. The summed E-state index contributed by atoms with van der Waals surface area (Å²) in [7, 11) is 3.34. The predicted molar refractivity (Wildman–Crippen MR) is 98.6 cm³/mol. The van der Waals surface area contributed by atoms with Crippen LogP contribution in [0.25, 0.3) is 0 Å². The van der Waals surface area contributed by atoms with Gasteiger partial charge in [-0.25, -0.2) is 4.79 Å². The highest BCUT2D eigenvalue weighted by molar-refractivity contribution is 6.30. The van der Waals surface area contributed by atoms with Gasteiger partial charge in [0.15, 0.2) is 0 Å². The Bertz CT molecular complexity index is 713. The van der Waals surface area contributed by atoms with Gasteiger partial charge in [0.2, 0.25) is 5.91 Å². The molecule has 0 bridgehead atoms. The van der Waals surface area contributed by atoms with Gasteiger partial charge in [0.25, 0.3) is 5.91 Å². The minimum absolute atomic E-state index is 0.214. The van der Waals surface area contributed by atoms with Crippen LogP contribution in [0, 0.1) is 0 Å². The molecule has 2 fully saturated rings. The molecular weight excluding hydrogens is 354 g/mol. The minimum Gasteiger partial charge on any atom is -0.340 e. The van der Waals surface area contributed by atoms with E-state index in [2.05, 4.69) is 0 Å². The molecule has 7 heteroatoms. The van der Waals surface area contributed by atoms with Crippen molar-refractivity contribution in [3.63, 3.8) is 0 Å². The quantitative estimate of drug-likeness (QED) is 0.758. The van der Waals surface area contributed by atoms with E-state index in [0.717, 1.165) is 29.7 Å². The Kier molecular flexibility index (Phi) is 5.23. The molecule has 0 N–H and O–H groups in total. The highest BCUT2D eigenvalue weighted by Crippen LogP contribution is 2.39. The second kappa shape index (κ2) is 7.27. The van der Waals surface area contributed by atoms with Crippen molar-refractivity contribution in [3.8, 4) is 0 Å². The zero-order valence-corrected chi connectivity index (χ0v) is 16.0. The molecule has 4 amide bonds. The Morgan fingerprint density at radius 1 is 1.15 bits per heavy atom. The fraction of sp³-hybridized carbons (Fsp3) is 0.526. The number of amides is 4. The molecule has 3 rings (SSSR count). The number of hydrogen-bond acceptors (Lipinski definition) is 3. The zero-order valence-electron chi connectivity index (χ0n) is 15.2. The number of rotatable bonds is 4. The molecule has 1 saturated heterocycles. The first-order chi connectivity index (χ1) is 12.3. The Morgan fingerprint density at radius 2 is 1.77 bits per heavy atom. The van der Waals surface area contributed by atoms with Crippen LogP contribution in [-0.4, -0.2) is 58.7 Å². The third kappa shape index (κ3) is 3.30. The van der Waals surface area contributed by atoms with Crippen LogP contribution in [0.2, 0.25) is 5.02 Å². The maximum absolute atomic E-state index is 12.9. The van der Waals surface area contributed by atoms with E-state index in [4.69, 9.17) is 11.6 Å². The summed E-state index contributed by atoms with van der Waals surface area (Å²) in [6.07, 6.45) is 4.31. The summed E-state index contributed by atoms with van der Waals surface area (Å²) in [4.78, 5) is 42.3. The van der Waals surface area contributed by atoms with E-state index in [-0.39, 0.29) is 24.4 Å². The van der Waals surface area contributed by atoms with E-state index >= 15 is 0 Å². The second-order valence-corrected chi connectivity index (χ2v) is 7.64. The molecule has 0 unspecified atom stereocenters. The molecule has 0 atom stereocenters. The first-order valence-electron chi connectivity index (χ1n) is 8.93. The van der Waals surface area contributed by atoms with Gasteiger partial charge in [0, 0.05) is 25.7 Å². The molecule has 1 saturated carbocycles. The van der Waals surface area contributed by atoms with Gasteiger partial charge in [-0.2, -0.15) is 0 Å². The van der Waals surface area contributed by atoms with Crippen LogP contribution in [0.15, 0.2) is 24.3 Å². The van der Waals surface area contributed by atoms with E-state index in [0.29, 0.717) is 24.4 Å². The van der Waals surface area contributed by atoms with Gasteiger partial charge in [-0.3, -0.25) is 14.5 Å². The third-order valence-electron chi connectivity index (χ3n) is 5.54. The number of carbonyl (C=O) groups is 3. The van der Waals surface area contributed by atoms with Gasteiger partial charge < -0.3 is 9.80 Å². The summed E-state index contributed by atoms with van der Waals surface area (Å²) in [5, 5.41) is 0.636. The molecule has 1 spiro atoms. The number of hydrogen-bond donors (Lipinski definition) is 0. The molecule has 0 radical (unpaired) electrons. The fourth-order valence-electron chi connectivity index (χ4n) is 3.88. The van der Waals surface area contributed by atoms with Gasteiger partial charge >= 0.3 is 6.03 Å². The van der Waals surface area contributed by atoms with Crippen LogP contribution >= 0.6 is 11.6 Å². The van der Waals surface area contributed by atoms with E-state index in [1.165, 1.54) is 4.90 Å². The number of urea groups is 1. The number of halogens is 1. The summed E-state index contributed by atoms with van der Waals surface area (Å²) < 4.78 is 0. The van der Waals surface area contributed by atoms with Crippen molar-refractivity contribution in [1.82, 2.24) is 14.7 Å². The zero-order chi connectivity index (χ0) is 18.9. The van der Waals surface area contributed by atoms with E-state index < -0.39 is 5.54 Å². The van der Waals surface area contributed by atoms with Crippen molar-refractivity contribution in [2.45, 2.75) is 44.2 Å². The van der Waals surface area contributed by atoms with Crippen molar-refractivity contribution in [2.75, 3.05) is 20.6 Å². The van der Waals surface area contributed by atoms with Crippen molar-refractivity contribution in [3.05, 3.63) is 34.9 Å². The first-order valence-corrected chi connectivity index (χ1v) is 9.31. The lowest BCUT2D eigenvalue weighted by atomic mass is 9.81. The Labute approximate surface area is 158 Å². The number of likely N-dealkylation sites (N-methyl/N-ethyl adjacent to an activating group) is 2. The van der Waals surface area contributed by atoms with Gasteiger partial charge in [0.1, 0.15) is 12.1 Å². The molecule has 2 aliphatic rings. The summed E-state index contributed by atoms with van der Waals surface area (Å²) in [5.41, 5.74) is 0.190. The largest absolute Gasteiger partial charge is 0.340 e. The average Bonchev–Trinajstić information content (AvgIpc) is 2.80. The van der Waals surface area contributed by atoms with Gasteiger partial charge in [-0.15, -0.1) is 0 Å². The molecule has 1 aromatic carbocycles. The third-order valence-corrected chi connectivity index (χ3v) is 5.79. The number of imide groups is 1. The Hall–Kier alpha value is -2.08. The minimum atomic E-state index is -0.746. The normalized spacial score (nSPS) is 19.3. The van der Waals surface area contributed by atoms with Gasteiger partial charge in [-0.1, -0.05) is 43.0 Å². The Morgan fingerprint density at radius 3 is 2.38 bits per heavy atom. The van der Waals surface area contributed by atoms with Crippen LogP contribution in [0.4, 0.5) is 4.79 Å². The summed E-state index contributed by atoms with van der Waals surface area (Å²) in [6.45, 7) is 0.182. The number of nitrogens with zero attached hydrogens (tertiary/aromatic N) is 3. The number of benzene rings is 1. The monoisotopic (exact) mass is 377 g/mol. The molecule has 1 heterocycles. The molecule has 6 nitrogen and oxygen atoms in total. The molecule has 1 aromatic rings. The summed E-state index contributed by atoms with van der Waals surface area (Å²) in [6, 6.07) is 6.87. The van der Waals surface area contributed by atoms with E-state index in [9.17, 15) is 14.4 Å². The van der Waals surface area contributed by atoms with E-state index in [1.54, 1.807) is 31.1 Å². The SMILES string of the molecule is CN(Cc1ccc(Cl)cc1)C(=O)CN1C(=O)N(C)C2(CCCCC2)C1=O.